The van der Waals surface area contributed by atoms with Crippen LogP contribution in [0.3, 0.4) is 0 Å². The molecule has 1 N–H and O–H groups in total. The molecule has 2 rings (SSSR count). The summed E-state index contributed by atoms with van der Waals surface area (Å²) in [4.78, 5) is 0. The van der Waals surface area contributed by atoms with Crippen molar-refractivity contribution in [3.8, 4) is 0 Å². The van der Waals surface area contributed by atoms with Crippen LogP contribution in [0.15, 0.2) is 24.3 Å². The van der Waals surface area contributed by atoms with Gasteiger partial charge in [-0.15, -0.1) is 0 Å². The summed E-state index contributed by atoms with van der Waals surface area (Å²) in [7, 11) is 0. The molecule has 0 saturated carbocycles. The number of alkyl halides is 2. The summed E-state index contributed by atoms with van der Waals surface area (Å²) >= 11 is 0. The monoisotopic (exact) mass is 239 g/mol. The maximum Gasteiger partial charge on any atom is 0.273 e. The Morgan fingerprint density at radius 3 is 2.53 bits per heavy atom. The topological polar surface area (TPSA) is 12.0 Å². The molecule has 0 bridgehead atoms. The Kier molecular flexibility index (Phi) is 3.77. The molecule has 1 aliphatic rings. The molecule has 0 aliphatic carbocycles. The fourth-order valence-electron chi connectivity index (χ4n) is 2.40. The summed E-state index contributed by atoms with van der Waals surface area (Å²) < 4.78 is 27.3. The minimum absolute atomic E-state index is 0.0721. The number of benzene rings is 1. The van der Waals surface area contributed by atoms with Crippen LogP contribution in [0.25, 0.3) is 0 Å². The van der Waals surface area contributed by atoms with Crippen LogP contribution in [-0.2, 0) is 5.92 Å². The highest BCUT2D eigenvalue weighted by Gasteiger charge is 2.30. The zero-order valence-electron chi connectivity index (χ0n) is 10.2. The van der Waals surface area contributed by atoms with Gasteiger partial charge < -0.3 is 5.32 Å². The number of rotatable bonds is 4. The highest BCUT2D eigenvalue weighted by atomic mass is 19.3. The van der Waals surface area contributed by atoms with E-state index >= 15 is 0 Å². The van der Waals surface area contributed by atoms with E-state index in [1.807, 2.05) is 12.1 Å². The highest BCUT2D eigenvalue weighted by molar-refractivity contribution is 5.28. The minimum Gasteiger partial charge on any atom is -0.316 e. The Hall–Kier alpha value is -0.960. The van der Waals surface area contributed by atoms with Crippen molar-refractivity contribution in [2.45, 2.75) is 38.0 Å². The van der Waals surface area contributed by atoms with Crippen LogP contribution >= 0.6 is 0 Å². The van der Waals surface area contributed by atoms with Crippen molar-refractivity contribution >= 4 is 0 Å². The maximum absolute atomic E-state index is 13.7. The van der Waals surface area contributed by atoms with E-state index in [0.29, 0.717) is 12.3 Å². The quantitative estimate of drug-likeness (QED) is 0.845. The molecule has 1 fully saturated rings. The predicted octanol–water partition coefficient (Wildman–Crippen LogP) is 3.66. The largest absolute Gasteiger partial charge is 0.316 e. The molecule has 1 aromatic rings. The second kappa shape index (κ2) is 5.13. The van der Waals surface area contributed by atoms with Crippen LogP contribution in [0, 0.1) is 0 Å². The maximum atomic E-state index is 13.7. The fourth-order valence-corrected chi connectivity index (χ4v) is 2.40. The third-order valence-corrected chi connectivity index (χ3v) is 3.43. The normalized spacial score (nSPS) is 20.8. The van der Waals surface area contributed by atoms with Crippen molar-refractivity contribution in [2.75, 3.05) is 13.1 Å². The van der Waals surface area contributed by atoms with Crippen LogP contribution in [0.5, 0.6) is 0 Å². The first-order chi connectivity index (χ1) is 8.13. The summed E-state index contributed by atoms with van der Waals surface area (Å²) in [6, 6.07) is 6.89. The Morgan fingerprint density at radius 2 is 2.00 bits per heavy atom. The second-order valence-corrected chi connectivity index (χ2v) is 4.77. The van der Waals surface area contributed by atoms with E-state index in [-0.39, 0.29) is 12.0 Å². The standard InChI is InChI=1S/C14H19F2N/c1-2-8-14(15,16)13-5-3-11(4-6-13)12-7-9-17-10-12/h3-6,12,17H,2,7-10H2,1H3. The fraction of sp³-hybridized carbons (Fsp3) is 0.571. The summed E-state index contributed by atoms with van der Waals surface area (Å²) in [5.41, 5.74) is 1.32. The molecule has 17 heavy (non-hydrogen) atoms. The third-order valence-electron chi connectivity index (χ3n) is 3.43. The van der Waals surface area contributed by atoms with Gasteiger partial charge in [0.2, 0.25) is 0 Å². The van der Waals surface area contributed by atoms with Crippen LogP contribution in [0.2, 0.25) is 0 Å². The van der Waals surface area contributed by atoms with E-state index in [9.17, 15) is 8.78 Å². The molecule has 1 saturated heterocycles. The average Bonchev–Trinajstić information content (AvgIpc) is 2.82. The first-order valence-corrected chi connectivity index (χ1v) is 6.32. The Balaban J connectivity index is 2.12. The van der Waals surface area contributed by atoms with Gasteiger partial charge in [-0.05, 0) is 24.4 Å². The lowest BCUT2D eigenvalue weighted by Gasteiger charge is -2.17. The lowest BCUT2D eigenvalue weighted by Crippen LogP contribution is -2.13. The molecule has 0 aromatic heterocycles. The molecule has 3 heteroatoms. The zero-order valence-corrected chi connectivity index (χ0v) is 10.2. The van der Waals surface area contributed by atoms with E-state index in [2.05, 4.69) is 5.32 Å². The first kappa shape index (κ1) is 12.5. The lowest BCUT2D eigenvalue weighted by molar-refractivity contribution is -0.0140. The molecule has 0 spiro atoms. The van der Waals surface area contributed by atoms with Gasteiger partial charge in [-0.25, -0.2) is 8.78 Å². The average molecular weight is 239 g/mol. The molecular weight excluding hydrogens is 220 g/mol. The van der Waals surface area contributed by atoms with Gasteiger partial charge >= 0.3 is 0 Å². The molecule has 1 unspecified atom stereocenters. The van der Waals surface area contributed by atoms with E-state index in [1.165, 1.54) is 5.56 Å². The molecule has 1 aromatic carbocycles. The summed E-state index contributed by atoms with van der Waals surface area (Å²) in [6.45, 7) is 3.77. The van der Waals surface area contributed by atoms with Gasteiger partial charge in [0.05, 0.1) is 0 Å². The third kappa shape index (κ3) is 2.83. The zero-order chi connectivity index (χ0) is 12.3. The van der Waals surface area contributed by atoms with Crippen molar-refractivity contribution in [2.24, 2.45) is 0 Å². The number of nitrogens with one attached hydrogen (secondary N) is 1. The highest BCUT2D eigenvalue weighted by Crippen LogP contribution is 2.33. The summed E-state index contributed by atoms with van der Waals surface area (Å²) in [5.74, 6) is -2.19. The van der Waals surface area contributed by atoms with E-state index in [4.69, 9.17) is 0 Å². The van der Waals surface area contributed by atoms with Crippen LogP contribution < -0.4 is 5.32 Å². The summed E-state index contributed by atoms with van der Waals surface area (Å²) in [6.07, 6.45) is 1.53. The Morgan fingerprint density at radius 1 is 1.29 bits per heavy atom. The SMILES string of the molecule is CCCC(F)(F)c1ccc(C2CCNC2)cc1. The van der Waals surface area contributed by atoms with E-state index in [0.717, 1.165) is 19.5 Å². The molecule has 1 aliphatic heterocycles. The minimum atomic E-state index is -2.68. The predicted molar refractivity (Wildman–Crippen MR) is 65.5 cm³/mol. The van der Waals surface area contributed by atoms with Crippen molar-refractivity contribution in [1.82, 2.24) is 5.32 Å². The van der Waals surface area contributed by atoms with Crippen molar-refractivity contribution < 1.29 is 8.78 Å². The van der Waals surface area contributed by atoms with Crippen LogP contribution in [-0.4, -0.2) is 13.1 Å². The van der Waals surface area contributed by atoms with Gasteiger partial charge in [0.25, 0.3) is 5.92 Å². The van der Waals surface area contributed by atoms with E-state index < -0.39 is 5.92 Å². The first-order valence-electron chi connectivity index (χ1n) is 6.32. The van der Waals surface area contributed by atoms with Gasteiger partial charge in [0, 0.05) is 18.5 Å². The molecule has 0 radical (unpaired) electrons. The molecular formula is C14H19F2N. The van der Waals surface area contributed by atoms with Gasteiger partial charge in [-0.2, -0.15) is 0 Å². The number of halogens is 2. The molecule has 1 nitrogen and oxygen atoms in total. The lowest BCUT2D eigenvalue weighted by atomic mass is 9.95. The Labute approximate surface area is 101 Å². The molecule has 0 amide bonds. The van der Waals surface area contributed by atoms with Crippen LogP contribution in [0.4, 0.5) is 8.78 Å². The molecule has 1 atom stereocenters. The van der Waals surface area contributed by atoms with Gasteiger partial charge in [0.1, 0.15) is 0 Å². The van der Waals surface area contributed by atoms with Gasteiger partial charge in [-0.1, -0.05) is 37.6 Å². The Bertz CT molecular complexity index is 353. The van der Waals surface area contributed by atoms with Crippen molar-refractivity contribution in [1.29, 1.82) is 0 Å². The molecule has 1 heterocycles. The number of hydrogen-bond acceptors (Lipinski definition) is 1. The molecule has 94 valence electrons. The van der Waals surface area contributed by atoms with Crippen molar-refractivity contribution in [3.05, 3.63) is 35.4 Å². The van der Waals surface area contributed by atoms with E-state index in [1.54, 1.807) is 19.1 Å². The van der Waals surface area contributed by atoms with Gasteiger partial charge in [0.15, 0.2) is 0 Å². The van der Waals surface area contributed by atoms with Crippen LogP contribution in [0.1, 0.15) is 43.2 Å². The second-order valence-electron chi connectivity index (χ2n) is 4.77. The summed E-state index contributed by atoms with van der Waals surface area (Å²) in [5, 5.41) is 3.29. The van der Waals surface area contributed by atoms with Gasteiger partial charge in [-0.3, -0.25) is 0 Å². The van der Waals surface area contributed by atoms with Crippen molar-refractivity contribution in [3.63, 3.8) is 0 Å². The number of hydrogen-bond donors (Lipinski definition) is 1. The smallest absolute Gasteiger partial charge is 0.273 e.